The van der Waals surface area contributed by atoms with Crippen molar-refractivity contribution in [1.82, 2.24) is 20.1 Å². The monoisotopic (exact) mass is 347 g/mol. The number of benzene rings is 1. The van der Waals surface area contributed by atoms with Gasteiger partial charge in [-0.2, -0.15) is 5.10 Å². The number of hydrogen-bond acceptors (Lipinski definition) is 4. The topological polar surface area (TPSA) is 71.8 Å². The Labute approximate surface area is 152 Å². The van der Waals surface area contributed by atoms with Crippen molar-refractivity contribution >= 4 is 11.7 Å². The van der Waals surface area contributed by atoms with E-state index < -0.39 is 0 Å². The van der Waals surface area contributed by atoms with Crippen LogP contribution in [0.25, 0.3) is 5.69 Å². The largest absolute Gasteiger partial charge is 0.363 e. The molecule has 2 aromatic heterocycles. The van der Waals surface area contributed by atoms with Gasteiger partial charge in [-0.25, -0.2) is 9.67 Å². The number of carbonyl (C=O) groups excluding carboxylic acids is 1. The molecule has 0 bridgehead atoms. The zero-order valence-electron chi connectivity index (χ0n) is 14.6. The summed E-state index contributed by atoms with van der Waals surface area (Å²) in [6.45, 7) is 6.08. The first-order chi connectivity index (χ1) is 12.7. The Morgan fingerprint density at radius 1 is 1.27 bits per heavy atom. The van der Waals surface area contributed by atoms with Crippen LogP contribution in [-0.4, -0.2) is 27.2 Å². The normalized spacial score (nSPS) is 11.6. The third-order valence-electron chi connectivity index (χ3n) is 3.95. The van der Waals surface area contributed by atoms with Crippen LogP contribution in [0, 0.1) is 0 Å². The molecule has 6 heteroatoms. The number of nitrogens with one attached hydrogen (secondary N) is 2. The third-order valence-corrected chi connectivity index (χ3v) is 3.95. The first-order valence-corrected chi connectivity index (χ1v) is 8.39. The van der Waals surface area contributed by atoms with Crippen LogP contribution in [-0.2, 0) is 0 Å². The van der Waals surface area contributed by atoms with Crippen LogP contribution in [0.5, 0.6) is 0 Å². The van der Waals surface area contributed by atoms with E-state index in [4.69, 9.17) is 0 Å². The lowest BCUT2D eigenvalue weighted by molar-refractivity contribution is 0.0957. The van der Waals surface area contributed by atoms with Crippen molar-refractivity contribution in [3.63, 3.8) is 0 Å². The van der Waals surface area contributed by atoms with Crippen LogP contribution in [0.15, 0.2) is 73.7 Å². The molecule has 0 aliphatic carbocycles. The molecule has 0 aliphatic heterocycles. The maximum Gasteiger partial charge on any atom is 0.253 e. The van der Waals surface area contributed by atoms with Crippen LogP contribution in [0.1, 0.15) is 28.9 Å². The van der Waals surface area contributed by atoms with Gasteiger partial charge in [-0.05, 0) is 36.8 Å². The van der Waals surface area contributed by atoms with E-state index in [1.807, 2.05) is 35.1 Å². The molecule has 0 radical (unpaired) electrons. The van der Waals surface area contributed by atoms with Gasteiger partial charge < -0.3 is 10.6 Å². The minimum Gasteiger partial charge on any atom is -0.363 e. The molecule has 0 saturated heterocycles. The van der Waals surface area contributed by atoms with E-state index in [-0.39, 0.29) is 11.9 Å². The predicted octanol–water partition coefficient (Wildman–Crippen LogP) is 3.36. The molecule has 26 heavy (non-hydrogen) atoms. The van der Waals surface area contributed by atoms with Gasteiger partial charge in [0.2, 0.25) is 0 Å². The van der Waals surface area contributed by atoms with Gasteiger partial charge in [0.05, 0.1) is 17.3 Å². The van der Waals surface area contributed by atoms with Crippen molar-refractivity contribution in [2.24, 2.45) is 0 Å². The zero-order valence-corrected chi connectivity index (χ0v) is 14.6. The second kappa shape index (κ2) is 8.11. The van der Waals surface area contributed by atoms with Crippen LogP contribution in [0.2, 0.25) is 0 Å². The number of aromatic nitrogens is 3. The number of para-hydroxylation sites is 1. The Balaban J connectivity index is 1.74. The molecule has 3 aromatic rings. The van der Waals surface area contributed by atoms with Crippen molar-refractivity contribution < 1.29 is 4.79 Å². The number of rotatable bonds is 7. The molecule has 0 spiro atoms. The fourth-order valence-electron chi connectivity index (χ4n) is 2.65. The highest BCUT2D eigenvalue weighted by molar-refractivity contribution is 5.94. The van der Waals surface area contributed by atoms with Gasteiger partial charge in [0, 0.05) is 25.1 Å². The number of nitrogens with zero attached hydrogens (tertiary/aromatic N) is 3. The van der Waals surface area contributed by atoms with E-state index >= 15 is 0 Å². The Kier molecular flexibility index (Phi) is 5.43. The zero-order chi connectivity index (χ0) is 18.4. The second-order valence-corrected chi connectivity index (χ2v) is 5.81. The van der Waals surface area contributed by atoms with E-state index in [9.17, 15) is 4.79 Å². The molecule has 0 aliphatic rings. The van der Waals surface area contributed by atoms with Gasteiger partial charge in [0.25, 0.3) is 5.91 Å². The maximum absolute atomic E-state index is 11.9. The number of pyridine rings is 1. The van der Waals surface area contributed by atoms with Crippen LogP contribution >= 0.6 is 0 Å². The molecule has 1 atom stereocenters. The molecule has 0 fully saturated rings. The molecule has 1 amide bonds. The average molecular weight is 347 g/mol. The van der Waals surface area contributed by atoms with Crippen molar-refractivity contribution in [3.8, 4) is 5.69 Å². The van der Waals surface area contributed by atoms with Gasteiger partial charge in [0.15, 0.2) is 0 Å². The molecule has 6 nitrogen and oxygen atoms in total. The molecule has 2 heterocycles. The van der Waals surface area contributed by atoms with E-state index in [1.54, 1.807) is 30.6 Å². The van der Waals surface area contributed by atoms with Crippen molar-refractivity contribution in [2.75, 3.05) is 11.9 Å². The average Bonchev–Trinajstić information content (AvgIpc) is 3.21. The van der Waals surface area contributed by atoms with Crippen molar-refractivity contribution in [1.29, 1.82) is 0 Å². The first-order valence-electron chi connectivity index (χ1n) is 8.39. The minimum absolute atomic E-state index is 0.0170. The number of anilines is 1. The molecule has 3 rings (SSSR count). The summed E-state index contributed by atoms with van der Waals surface area (Å²) in [6, 6.07) is 13.5. The summed E-state index contributed by atoms with van der Waals surface area (Å²) in [5.41, 5.74) is 2.63. The number of amides is 1. The van der Waals surface area contributed by atoms with E-state index in [2.05, 4.69) is 40.3 Å². The third kappa shape index (κ3) is 3.97. The Bertz CT molecular complexity index is 871. The van der Waals surface area contributed by atoms with Crippen LogP contribution < -0.4 is 10.6 Å². The smallest absolute Gasteiger partial charge is 0.253 e. The van der Waals surface area contributed by atoms with Gasteiger partial charge >= 0.3 is 0 Å². The Morgan fingerprint density at radius 2 is 2.12 bits per heavy atom. The highest BCUT2D eigenvalue weighted by Gasteiger charge is 2.13. The Morgan fingerprint density at radius 3 is 2.81 bits per heavy atom. The van der Waals surface area contributed by atoms with Crippen LogP contribution in [0.3, 0.4) is 0 Å². The lowest BCUT2D eigenvalue weighted by Crippen LogP contribution is -2.23. The molecule has 0 saturated carbocycles. The second-order valence-electron chi connectivity index (χ2n) is 5.81. The summed E-state index contributed by atoms with van der Waals surface area (Å²) in [5, 5.41) is 10.4. The quantitative estimate of drug-likeness (QED) is 0.643. The molecule has 2 N–H and O–H groups in total. The SMILES string of the molecule is C=CCNC(=O)c1ccc(NC(C)c2ccccc2-n2cccn2)nc1. The summed E-state index contributed by atoms with van der Waals surface area (Å²) in [7, 11) is 0. The summed E-state index contributed by atoms with van der Waals surface area (Å²) >= 11 is 0. The van der Waals surface area contributed by atoms with Crippen LogP contribution in [0.4, 0.5) is 5.82 Å². The molecular weight excluding hydrogens is 326 g/mol. The fourth-order valence-corrected chi connectivity index (χ4v) is 2.65. The minimum atomic E-state index is -0.166. The predicted molar refractivity (Wildman–Crippen MR) is 102 cm³/mol. The summed E-state index contributed by atoms with van der Waals surface area (Å²) in [6.07, 6.45) is 6.87. The maximum atomic E-state index is 11.9. The molecule has 1 unspecified atom stereocenters. The number of hydrogen-bond donors (Lipinski definition) is 2. The highest BCUT2D eigenvalue weighted by atomic mass is 16.1. The Hall–Kier alpha value is -3.41. The van der Waals surface area contributed by atoms with Gasteiger partial charge in [-0.3, -0.25) is 4.79 Å². The van der Waals surface area contributed by atoms with Gasteiger partial charge in [-0.1, -0.05) is 24.3 Å². The molecule has 1 aromatic carbocycles. The van der Waals surface area contributed by atoms with Gasteiger partial charge in [0.1, 0.15) is 5.82 Å². The summed E-state index contributed by atoms with van der Waals surface area (Å²) in [5.74, 6) is 0.536. The number of carbonyl (C=O) groups is 1. The lowest BCUT2D eigenvalue weighted by atomic mass is 10.1. The lowest BCUT2D eigenvalue weighted by Gasteiger charge is -2.18. The summed E-state index contributed by atoms with van der Waals surface area (Å²) < 4.78 is 1.84. The van der Waals surface area contributed by atoms with E-state index in [1.165, 1.54) is 0 Å². The van der Waals surface area contributed by atoms with E-state index in [0.717, 1.165) is 11.3 Å². The van der Waals surface area contributed by atoms with E-state index in [0.29, 0.717) is 17.9 Å². The van der Waals surface area contributed by atoms with Crippen molar-refractivity contribution in [3.05, 3.63) is 84.8 Å². The van der Waals surface area contributed by atoms with Crippen molar-refractivity contribution in [2.45, 2.75) is 13.0 Å². The molecule has 132 valence electrons. The molecular formula is C20H21N5O. The standard InChI is InChI=1S/C20H21N5O/c1-3-11-21-20(26)16-9-10-19(22-14-16)24-15(2)17-7-4-5-8-18(17)25-13-6-12-23-25/h3-10,12-15H,1,11H2,2H3,(H,21,26)(H,22,24). The van der Waals surface area contributed by atoms with Gasteiger partial charge in [-0.15, -0.1) is 6.58 Å². The summed E-state index contributed by atoms with van der Waals surface area (Å²) in [4.78, 5) is 16.3. The fraction of sp³-hybridized carbons (Fsp3) is 0.150. The highest BCUT2D eigenvalue weighted by Crippen LogP contribution is 2.24. The first kappa shape index (κ1) is 17.4.